The van der Waals surface area contributed by atoms with Crippen LogP contribution in [0, 0.1) is 18.6 Å². The van der Waals surface area contributed by atoms with E-state index in [1.807, 2.05) is 0 Å². The zero-order chi connectivity index (χ0) is 15.6. The van der Waals surface area contributed by atoms with Crippen molar-refractivity contribution in [2.75, 3.05) is 14.2 Å². The molecule has 1 atom stereocenters. The summed E-state index contributed by atoms with van der Waals surface area (Å²) in [5, 5.41) is 0. The average molecular weight is 357 g/mol. The summed E-state index contributed by atoms with van der Waals surface area (Å²) in [7, 11) is 3.07. The third-order valence-corrected chi connectivity index (χ3v) is 4.25. The van der Waals surface area contributed by atoms with Gasteiger partial charge in [0.25, 0.3) is 0 Å². The Labute approximate surface area is 130 Å². The molecule has 0 N–H and O–H groups in total. The maximum atomic E-state index is 14.1. The molecule has 0 heterocycles. The minimum Gasteiger partial charge on any atom is -0.497 e. The molecule has 0 saturated heterocycles. The van der Waals surface area contributed by atoms with Crippen LogP contribution in [0.3, 0.4) is 0 Å². The summed E-state index contributed by atoms with van der Waals surface area (Å²) in [4.78, 5) is -0.544. The summed E-state index contributed by atoms with van der Waals surface area (Å²) in [5.74, 6) is 0.264. The predicted molar refractivity (Wildman–Crippen MR) is 81.4 cm³/mol. The van der Waals surface area contributed by atoms with Crippen molar-refractivity contribution in [2.45, 2.75) is 11.8 Å². The van der Waals surface area contributed by atoms with E-state index in [-0.39, 0.29) is 11.1 Å². The Balaban J connectivity index is 2.53. The Kier molecular flexibility index (Phi) is 4.83. The Morgan fingerprint density at radius 1 is 0.952 bits per heavy atom. The third kappa shape index (κ3) is 3.18. The van der Waals surface area contributed by atoms with Crippen LogP contribution in [0.25, 0.3) is 0 Å². The molecule has 0 bridgehead atoms. The summed E-state index contributed by atoms with van der Waals surface area (Å²) in [6.45, 7) is 1.53. The summed E-state index contributed by atoms with van der Waals surface area (Å²) in [6, 6.07) is 7.59. The average Bonchev–Trinajstić information content (AvgIpc) is 2.49. The molecule has 0 fully saturated rings. The maximum absolute atomic E-state index is 14.1. The van der Waals surface area contributed by atoms with Gasteiger partial charge in [-0.15, -0.1) is 0 Å². The van der Waals surface area contributed by atoms with E-state index < -0.39 is 16.5 Å². The zero-order valence-corrected chi connectivity index (χ0v) is 13.5. The Morgan fingerprint density at radius 3 is 2.29 bits per heavy atom. The van der Waals surface area contributed by atoms with E-state index in [1.165, 1.54) is 26.2 Å². The van der Waals surface area contributed by atoms with Gasteiger partial charge in [0.1, 0.15) is 23.1 Å². The lowest BCUT2D eigenvalue weighted by atomic mass is 10.0. The fourth-order valence-electron chi connectivity index (χ4n) is 2.06. The maximum Gasteiger partial charge on any atom is 0.128 e. The molecule has 0 aliphatic carbocycles. The van der Waals surface area contributed by atoms with E-state index in [1.54, 1.807) is 25.3 Å². The fourth-order valence-corrected chi connectivity index (χ4v) is 2.77. The van der Waals surface area contributed by atoms with Gasteiger partial charge in [-0.1, -0.05) is 15.9 Å². The first-order chi connectivity index (χ1) is 9.97. The minimum atomic E-state index is -0.544. The molecular weight excluding hydrogens is 342 g/mol. The van der Waals surface area contributed by atoms with Crippen LogP contribution in [0.15, 0.2) is 30.3 Å². The van der Waals surface area contributed by atoms with E-state index >= 15 is 0 Å². The second-order valence-corrected chi connectivity index (χ2v) is 5.51. The molecule has 0 radical (unpaired) electrons. The van der Waals surface area contributed by atoms with Crippen LogP contribution < -0.4 is 9.47 Å². The van der Waals surface area contributed by atoms with Gasteiger partial charge in [-0.3, -0.25) is 0 Å². The van der Waals surface area contributed by atoms with Crippen LogP contribution in [0.2, 0.25) is 0 Å². The quantitative estimate of drug-likeness (QED) is 0.734. The van der Waals surface area contributed by atoms with Crippen molar-refractivity contribution in [1.29, 1.82) is 0 Å². The van der Waals surface area contributed by atoms with Crippen LogP contribution in [-0.4, -0.2) is 14.2 Å². The smallest absolute Gasteiger partial charge is 0.128 e. The number of halogens is 3. The molecule has 0 amide bonds. The van der Waals surface area contributed by atoms with Crippen molar-refractivity contribution in [3.8, 4) is 11.5 Å². The highest BCUT2D eigenvalue weighted by Crippen LogP contribution is 2.40. The number of benzene rings is 2. The predicted octanol–water partition coefficient (Wildman–Crippen LogP) is 4.77. The zero-order valence-electron chi connectivity index (χ0n) is 11.9. The molecule has 21 heavy (non-hydrogen) atoms. The molecule has 112 valence electrons. The lowest BCUT2D eigenvalue weighted by Gasteiger charge is -2.17. The van der Waals surface area contributed by atoms with E-state index in [4.69, 9.17) is 9.47 Å². The summed E-state index contributed by atoms with van der Waals surface area (Å²) in [6.07, 6.45) is 0. The van der Waals surface area contributed by atoms with E-state index in [2.05, 4.69) is 15.9 Å². The molecular formula is C16H15BrF2O2. The number of ether oxygens (including phenoxy) is 2. The number of aryl methyl sites for hydroxylation is 1. The van der Waals surface area contributed by atoms with Crippen LogP contribution in [-0.2, 0) is 0 Å². The second-order valence-electron chi connectivity index (χ2n) is 4.59. The number of rotatable bonds is 4. The van der Waals surface area contributed by atoms with E-state index in [0.717, 1.165) is 0 Å². The van der Waals surface area contributed by atoms with Crippen molar-refractivity contribution in [3.05, 3.63) is 58.7 Å². The van der Waals surface area contributed by atoms with E-state index in [9.17, 15) is 8.78 Å². The SMILES string of the molecule is COc1ccc(OC)c(C(Br)c2cc(F)c(C)cc2F)c1. The molecule has 1 unspecified atom stereocenters. The standard InChI is InChI=1S/C16H15BrF2O2/c1-9-6-14(19)11(8-13(9)18)16(17)12-7-10(20-2)4-5-15(12)21-3/h4-8,16H,1-3H3. The molecule has 2 rings (SSSR count). The number of hydrogen-bond acceptors (Lipinski definition) is 2. The molecule has 0 spiro atoms. The molecule has 0 saturated carbocycles. The molecule has 0 aromatic heterocycles. The topological polar surface area (TPSA) is 18.5 Å². The van der Waals surface area contributed by atoms with Gasteiger partial charge in [0.2, 0.25) is 0 Å². The Bertz CT molecular complexity index is 659. The lowest BCUT2D eigenvalue weighted by molar-refractivity contribution is 0.399. The van der Waals surface area contributed by atoms with Crippen LogP contribution >= 0.6 is 15.9 Å². The first-order valence-corrected chi connectivity index (χ1v) is 7.21. The van der Waals surface area contributed by atoms with Crippen molar-refractivity contribution in [2.24, 2.45) is 0 Å². The largest absolute Gasteiger partial charge is 0.497 e. The first-order valence-electron chi connectivity index (χ1n) is 6.29. The van der Waals surface area contributed by atoms with Gasteiger partial charge in [-0.25, -0.2) is 8.78 Å². The van der Waals surface area contributed by atoms with Crippen molar-refractivity contribution < 1.29 is 18.3 Å². The van der Waals surface area contributed by atoms with Gasteiger partial charge in [0, 0.05) is 11.1 Å². The van der Waals surface area contributed by atoms with Gasteiger partial charge in [0.15, 0.2) is 0 Å². The van der Waals surface area contributed by atoms with Gasteiger partial charge in [-0.2, -0.15) is 0 Å². The highest BCUT2D eigenvalue weighted by molar-refractivity contribution is 9.09. The Morgan fingerprint density at radius 2 is 1.67 bits per heavy atom. The second kappa shape index (κ2) is 6.43. The van der Waals surface area contributed by atoms with Crippen LogP contribution in [0.1, 0.15) is 21.5 Å². The highest BCUT2D eigenvalue weighted by Gasteiger charge is 2.21. The number of hydrogen-bond donors (Lipinski definition) is 0. The third-order valence-electron chi connectivity index (χ3n) is 3.26. The number of methoxy groups -OCH3 is 2. The molecule has 2 aromatic carbocycles. The molecule has 0 aliphatic heterocycles. The first kappa shape index (κ1) is 15.8. The molecule has 2 aromatic rings. The summed E-state index contributed by atoms with van der Waals surface area (Å²) >= 11 is 3.42. The van der Waals surface area contributed by atoms with Crippen molar-refractivity contribution >= 4 is 15.9 Å². The molecule has 0 aliphatic rings. The van der Waals surface area contributed by atoms with Crippen molar-refractivity contribution in [1.82, 2.24) is 0 Å². The number of alkyl halides is 1. The lowest BCUT2D eigenvalue weighted by Crippen LogP contribution is -2.02. The normalized spacial score (nSPS) is 12.1. The van der Waals surface area contributed by atoms with Crippen LogP contribution in [0.5, 0.6) is 11.5 Å². The fraction of sp³-hybridized carbons (Fsp3) is 0.250. The molecule has 5 heteroatoms. The van der Waals surface area contributed by atoms with E-state index in [0.29, 0.717) is 17.1 Å². The van der Waals surface area contributed by atoms with Gasteiger partial charge in [0.05, 0.1) is 19.0 Å². The van der Waals surface area contributed by atoms with Crippen molar-refractivity contribution in [3.63, 3.8) is 0 Å². The summed E-state index contributed by atoms with van der Waals surface area (Å²) in [5.41, 5.74) is 1.15. The summed E-state index contributed by atoms with van der Waals surface area (Å²) < 4.78 is 38.3. The molecule has 2 nitrogen and oxygen atoms in total. The van der Waals surface area contributed by atoms with Gasteiger partial charge in [-0.05, 0) is 42.8 Å². The minimum absolute atomic E-state index is 0.213. The van der Waals surface area contributed by atoms with Crippen LogP contribution in [0.4, 0.5) is 8.78 Å². The highest BCUT2D eigenvalue weighted by atomic mass is 79.9. The van der Waals surface area contributed by atoms with Gasteiger partial charge < -0.3 is 9.47 Å². The van der Waals surface area contributed by atoms with Gasteiger partial charge >= 0.3 is 0 Å². The monoisotopic (exact) mass is 356 g/mol. The Hall–Kier alpha value is -1.62.